The van der Waals surface area contributed by atoms with Crippen LogP contribution in [0.5, 0.6) is 0 Å². The Kier molecular flexibility index (Phi) is 15.6. The third-order valence-electron chi connectivity index (χ3n) is 5.46. The van der Waals surface area contributed by atoms with Crippen LogP contribution in [-0.4, -0.2) is 70.8 Å². The van der Waals surface area contributed by atoms with E-state index in [1.165, 1.54) is 82.8 Å². The van der Waals surface area contributed by atoms with Crippen LogP contribution in [0.1, 0.15) is 25.0 Å². The summed E-state index contributed by atoms with van der Waals surface area (Å²) in [6.45, 7) is 5.42. The van der Waals surface area contributed by atoms with Crippen molar-refractivity contribution in [3.8, 4) is 0 Å². The summed E-state index contributed by atoms with van der Waals surface area (Å²) < 4.78 is 69.2. The van der Waals surface area contributed by atoms with Crippen molar-refractivity contribution in [1.29, 1.82) is 0 Å². The predicted molar refractivity (Wildman–Crippen MR) is 200 cm³/mol. The Morgan fingerprint density at radius 1 is 0.558 bits per heavy atom. The maximum atomic E-state index is 12.0. The number of nitrogen functional groups attached to an aromatic ring is 2. The van der Waals surface area contributed by atoms with Crippen molar-refractivity contribution in [1.82, 2.24) is 45.5 Å². The summed E-state index contributed by atoms with van der Waals surface area (Å²) >= 11 is 14.9. The van der Waals surface area contributed by atoms with E-state index in [0.29, 0.717) is 15.1 Å². The molecule has 0 aliphatic rings. The van der Waals surface area contributed by atoms with Gasteiger partial charge in [0.15, 0.2) is 19.7 Å². The Hall–Kier alpha value is -3.55. The van der Waals surface area contributed by atoms with Crippen LogP contribution in [0.2, 0.25) is 10.3 Å². The van der Waals surface area contributed by atoms with Crippen LogP contribution in [0.25, 0.3) is 0 Å². The fraction of sp³-hybridized carbons (Fsp3) is 0.192. The standard InChI is InChI=1S/C9H8ClN3O2S2.C9H10N4O2S2.C5H3Cl2NO2S.C3H5N3S/c2*1-6-12-13-9(16-6)5-17(14,15)7-2-3-8(10)11-4-7;6-5-2-1-4(3-8-5)11(7,9)10;1-2-5-6-3(4)7-2/h2-4H,5H2,1H3;2-4H,5H2,1H3,(H2,10,11);1-3H;1H3,(H2,4,6). The zero-order valence-corrected chi connectivity index (χ0v) is 34.0. The second-order valence-electron chi connectivity index (χ2n) is 9.60. The van der Waals surface area contributed by atoms with Crippen molar-refractivity contribution in [2.24, 2.45) is 0 Å². The van der Waals surface area contributed by atoms with E-state index in [-0.39, 0.29) is 42.3 Å². The molecule has 4 N–H and O–H groups in total. The number of hydrogen-bond acceptors (Lipinski definition) is 20. The molecule has 0 aliphatic heterocycles. The number of halogens is 3. The molecule has 6 heterocycles. The molecular formula is C26H26Cl3N11O6S6. The van der Waals surface area contributed by atoms with Crippen molar-refractivity contribution in [3.63, 3.8) is 0 Å². The van der Waals surface area contributed by atoms with Gasteiger partial charge in [-0.1, -0.05) is 34.5 Å². The summed E-state index contributed by atoms with van der Waals surface area (Å²) in [5.41, 5.74) is 10.6. The highest BCUT2D eigenvalue weighted by atomic mass is 35.7. The van der Waals surface area contributed by atoms with Gasteiger partial charge in [-0.2, -0.15) is 0 Å². The number of hydrogen-bond donors (Lipinski definition) is 2. The van der Waals surface area contributed by atoms with Crippen molar-refractivity contribution >= 4 is 108 Å². The molecule has 0 aliphatic carbocycles. The average molecular weight is 887 g/mol. The fourth-order valence-electron chi connectivity index (χ4n) is 3.22. The molecule has 0 bridgehead atoms. The third-order valence-corrected chi connectivity index (χ3v) is 13.2. The number of nitrogens with two attached hydrogens (primary N) is 2. The maximum Gasteiger partial charge on any atom is 0.262 e. The van der Waals surface area contributed by atoms with Crippen LogP contribution in [0.3, 0.4) is 0 Å². The molecule has 0 fully saturated rings. The first-order valence-corrected chi connectivity index (χ1v) is 22.5. The van der Waals surface area contributed by atoms with E-state index < -0.39 is 28.7 Å². The molecule has 52 heavy (non-hydrogen) atoms. The molecule has 0 aromatic carbocycles. The summed E-state index contributed by atoms with van der Waals surface area (Å²) in [6.07, 6.45) is 3.59. The minimum absolute atomic E-state index is 0.0523. The number of anilines is 2. The SMILES string of the molecule is Cc1nnc(CS(=O)(=O)c2ccc(Cl)nc2)s1.Cc1nnc(CS(=O)(=O)c2ccc(N)nc2)s1.Cc1nnc(N)s1.O=S(=O)(Cl)c1ccc(Cl)nc1. The number of pyridine rings is 3. The minimum Gasteiger partial charge on any atom is -0.384 e. The van der Waals surface area contributed by atoms with Crippen molar-refractivity contribution in [2.75, 3.05) is 11.5 Å². The van der Waals surface area contributed by atoms with E-state index >= 15 is 0 Å². The first-order chi connectivity index (χ1) is 24.2. The molecule has 0 spiro atoms. The lowest BCUT2D eigenvalue weighted by atomic mass is 10.5. The second kappa shape index (κ2) is 19.0. The van der Waals surface area contributed by atoms with Crippen LogP contribution in [0.4, 0.5) is 10.9 Å². The zero-order valence-electron chi connectivity index (χ0n) is 26.8. The van der Waals surface area contributed by atoms with Crippen molar-refractivity contribution < 1.29 is 25.3 Å². The molecule has 0 unspecified atom stereocenters. The van der Waals surface area contributed by atoms with Gasteiger partial charge < -0.3 is 11.5 Å². The first-order valence-electron chi connectivity index (χ1n) is 13.7. The number of sulfone groups is 2. The van der Waals surface area contributed by atoms with Crippen LogP contribution in [0, 0.1) is 20.8 Å². The molecule has 0 radical (unpaired) electrons. The fourth-order valence-corrected chi connectivity index (χ4v) is 9.08. The Balaban J connectivity index is 0.000000196. The molecule has 0 saturated carbocycles. The number of nitrogens with zero attached hydrogens (tertiary/aromatic N) is 9. The molecular weight excluding hydrogens is 861 g/mol. The van der Waals surface area contributed by atoms with Gasteiger partial charge >= 0.3 is 0 Å². The van der Waals surface area contributed by atoms with Gasteiger partial charge in [0.1, 0.15) is 57.6 Å². The molecule has 17 nitrogen and oxygen atoms in total. The monoisotopic (exact) mass is 885 g/mol. The largest absolute Gasteiger partial charge is 0.384 e. The van der Waals surface area contributed by atoms with E-state index in [1.807, 2.05) is 6.92 Å². The van der Waals surface area contributed by atoms with Gasteiger partial charge in [-0.15, -0.1) is 53.3 Å². The molecule has 26 heteroatoms. The molecule has 0 atom stereocenters. The van der Waals surface area contributed by atoms with E-state index in [1.54, 1.807) is 13.8 Å². The van der Waals surface area contributed by atoms with Gasteiger partial charge in [0.2, 0.25) is 5.13 Å². The summed E-state index contributed by atoms with van der Waals surface area (Å²) in [4.78, 5) is 11.3. The van der Waals surface area contributed by atoms with Gasteiger partial charge in [-0.25, -0.2) is 40.2 Å². The quantitative estimate of drug-likeness (QED) is 0.162. The van der Waals surface area contributed by atoms with Gasteiger partial charge in [0.05, 0.1) is 9.79 Å². The number of aryl methyl sites for hydroxylation is 3. The normalized spacial score (nSPS) is 11.3. The van der Waals surface area contributed by atoms with Crippen LogP contribution < -0.4 is 11.5 Å². The zero-order chi connectivity index (χ0) is 38.7. The van der Waals surface area contributed by atoms with E-state index in [2.05, 4.69) is 45.5 Å². The predicted octanol–water partition coefficient (Wildman–Crippen LogP) is 4.76. The number of aromatic nitrogens is 9. The van der Waals surface area contributed by atoms with Gasteiger partial charge in [-0.05, 0) is 57.2 Å². The van der Waals surface area contributed by atoms with Crippen molar-refractivity contribution in [2.45, 2.75) is 47.0 Å². The third kappa shape index (κ3) is 14.5. The van der Waals surface area contributed by atoms with E-state index in [9.17, 15) is 25.3 Å². The van der Waals surface area contributed by atoms with Crippen LogP contribution in [-0.2, 0) is 40.2 Å². The lowest BCUT2D eigenvalue weighted by Gasteiger charge is -2.01. The Bertz CT molecular complexity index is 2260. The smallest absolute Gasteiger partial charge is 0.262 e. The Morgan fingerprint density at radius 3 is 1.25 bits per heavy atom. The lowest BCUT2D eigenvalue weighted by molar-refractivity contribution is 0.592. The summed E-state index contributed by atoms with van der Waals surface area (Å²) in [5.74, 6) is -0.0398. The number of rotatable bonds is 7. The van der Waals surface area contributed by atoms with Gasteiger partial charge in [0, 0.05) is 29.3 Å². The highest BCUT2D eigenvalue weighted by Gasteiger charge is 2.19. The topological polar surface area (TPSA) is 270 Å². The highest BCUT2D eigenvalue weighted by molar-refractivity contribution is 8.13. The highest BCUT2D eigenvalue weighted by Crippen LogP contribution is 2.20. The molecule has 0 amide bonds. The molecule has 6 aromatic rings. The van der Waals surface area contributed by atoms with Crippen LogP contribution in [0.15, 0.2) is 69.7 Å². The first kappa shape index (κ1) is 42.9. The summed E-state index contributed by atoms with van der Waals surface area (Å²) in [5, 5.41) is 26.7. The minimum atomic E-state index is -3.67. The summed E-state index contributed by atoms with van der Waals surface area (Å²) in [6, 6.07) is 8.41. The maximum absolute atomic E-state index is 12.0. The van der Waals surface area contributed by atoms with E-state index in [4.69, 9.17) is 45.4 Å². The van der Waals surface area contributed by atoms with E-state index in [0.717, 1.165) is 21.2 Å². The van der Waals surface area contributed by atoms with Gasteiger partial charge in [0.25, 0.3) is 9.05 Å². The summed E-state index contributed by atoms with van der Waals surface area (Å²) in [7, 11) is -5.53. The molecule has 6 rings (SSSR count). The molecule has 6 aromatic heterocycles. The average Bonchev–Trinajstić information content (AvgIpc) is 3.78. The Labute approximate surface area is 324 Å². The van der Waals surface area contributed by atoms with Crippen LogP contribution >= 0.6 is 67.9 Å². The molecule has 0 saturated heterocycles. The molecule has 278 valence electrons. The van der Waals surface area contributed by atoms with Gasteiger partial charge in [-0.3, -0.25) is 0 Å². The lowest BCUT2D eigenvalue weighted by Crippen LogP contribution is -2.05. The van der Waals surface area contributed by atoms with Crippen molar-refractivity contribution in [3.05, 3.63) is 90.3 Å². The Morgan fingerprint density at radius 2 is 0.962 bits per heavy atom. The second-order valence-corrected chi connectivity index (χ2v) is 20.7.